The summed E-state index contributed by atoms with van der Waals surface area (Å²) in [4.78, 5) is 27.8. The van der Waals surface area contributed by atoms with Gasteiger partial charge in [0.15, 0.2) is 0 Å². The highest BCUT2D eigenvalue weighted by molar-refractivity contribution is 6.46. The SMILES string of the molecule is COc1ccccc1C1/C(=C(/O)c2cccc(Cl)c2)C(=O)C(=O)N1C1CCCC1. The largest absolute Gasteiger partial charge is 0.507 e. The van der Waals surface area contributed by atoms with Crippen molar-refractivity contribution < 1.29 is 19.4 Å². The number of halogens is 1. The van der Waals surface area contributed by atoms with Gasteiger partial charge in [-0.3, -0.25) is 9.59 Å². The van der Waals surface area contributed by atoms with Crippen molar-refractivity contribution in [2.45, 2.75) is 37.8 Å². The molecule has 1 atom stereocenters. The fourth-order valence-electron chi connectivity index (χ4n) is 4.40. The number of likely N-dealkylation sites (tertiary alicyclic amines) is 1. The molecule has 0 radical (unpaired) electrons. The molecule has 1 amide bonds. The number of amides is 1. The summed E-state index contributed by atoms with van der Waals surface area (Å²) < 4.78 is 5.52. The minimum absolute atomic E-state index is 0.0361. The quantitative estimate of drug-likeness (QED) is 0.449. The van der Waals surface area contributed by atoms with E-state index in [9.17, 15) is 14.7 Å². The lowest BCUT2D eigenvalue weighted by molar-refractivity contribution is -0.141. The Morgan fingerprint density at radius 1 is 1.10 bits per heavy atom. The van der Waals surface area contributed by atoms with E-state index < -0.39 is 17.7 Å². The van der Waals surface area contributed by atoms with Crippen LogP contribution in [0.25, 0.3) is 5.76 Å². The van der Waals surface area contributed by atoms with E-state index >= 15 is 0 Å². The number of hydrogen-bond acceptors (Lipinski definition) is 4. The number of hydrogen-bond donors (Lipinski definition) is 1. The molecule has 2 aromatic rings. The average Bonchev–Trinajstić information content (AvgIpc) is 3.34. The first kappa shape index (κ1) is 19.5. The highest BCUT2D eigenvalue weighted by Crippen LogP contribution is 2.45. The molecule has 2 aliphatic rings. The van der Waals surface area contributed by atoms with E-state index in [1.807, 2.05) is 18.2 Å². The number of para-hydroxylation sites is 1. The molecule has 29 heavy (non-hydrogen) atoms. The van der Waals surface area contributed by atoms with Crippen molar-refractivity contribution >= 4 is 29.1 Å². The predicted molar refractivity (Wildman–Crippen MR) is 111 cm³/mol. The van der Waals surface area contributed by atoms with Gasteiger partial charge in [-0.05, 0) is 31.0 Å². The third kappa shape index (κ3) is 3.40. The van der Waals surface area contributed by atoms with E-state index in [2.05, 4.69) is 0 Å². The van der Waals surface area contributed by atoms with Crippen molar-refractivity contribution in [1.82, 2.24) is 4.90 Å². The zero-order valence-corrected chi connectivity index (χ0v) is 16.9. The van der Waals surface area contributed by atoms with Gasteiger partial charge in [0.2, 0.25) is 0 Å². The van der Waals surface area contributed by atoms with Crippen LogP contribution in [0.15, 0.2) is 54.1 Å². The van der Waals surface area contributed by atoms with E-state index in [0.717, 1.165) is 25.7 Å². The first-order valence-electron chi connectivity index (χ1n) is 9.72. The number of methoxy groups -OCH3 is 1. The molecule has 1 unspecified atom stereocenters. The molecule has 0 bridgehead atoms. The van der Waals surface area contributed by atoms with Gasteiger partial charge in [0.1, 0.15) is 11.5 Å². The van der Waals surface area contributed by atoms with Crippen molar-refractivity contribution in [3.05, 3.63) is 70.3 Å². The number of Topliss-reactive ketones (excluding diaryl/α,β-unsaturated/α-hetero) is 1. The van der Waals surface area contributed by atoms with Crippen LogP contribution >= 0.6 is 11.6 Å². The third-order valence-electron chi connectivity index (χ3n) is 5.73. The van der Waals surface area contributed by atoms with E-state index in [0.29, 0.717) is 21.9 Å². The number of carbonyl (C=O) groups is 2. The lowest BCUT2D eigenvalue weighted by Crippen LogP contribution is -2.37. The molecule has 5 nitrogen and oxygen atoms in total. The fraction of sp³-hybridized carbons (Fsp3) is 0.304. The van der Waals surface area contributed by atoms with Crippen molar-refractivity contribution in [2.75, 3.05) is 7.11 Å². The van der Waals surface area contributed by atoms with Gasteiger partial charge < -0.3 is 14.7 Å². The standard InChI is InChI=1S/C23H22ClNO4/c1-29-18-12-5-4-11-17(18)20-19(21(26)14-7-6-8-15(24)13-14)22(27)23(28)25(20)16-9-2-3-10-16/h4-8,11-13,16,20,26H,2-3,9-10H2,1H3/b21-19-. The number of carbonyl (C=O) groups excluding carboxylic acids is 2. The molecule has 1 heterocycles. The molecule has 2 fully saturated rings. The Labute approximate surface area is 174 Å². The molecule has 1 aliphatic heterocycles. The Morgan fingerprint density at radius 3 is 2.52 bits per heavy atom. The number of benzene rings is 2. The average molecular weight is 412 g/mol. The molecule has 1 saturated carbocycles. The molecule has 1 saturated heterocycles. The summed E-state index contributed by atoms with van der Waals surface area (Å²) in [5, 5.41) is 11.5. The Balaban J connectivity index is 1.93. The Hall–Kier alpha value is -2.79. The van der Waals surface area contributed by atoms with Gasteiger partial charge in [-0.1, -0.05) is 54.8 Å². The molecule has 0 aromatic heterocycles. The van der Waals surface area contributed by atoms with Crippen LogP contribution in [0.2, 0.25) is 5.02 Å². The van der Waals surface area contributed by atoms with Crippen LogP contribution < -0.4 is 4.74 Å². The first-order valence-corrected chi connectivity index (χ1v) is 10.1. The minimum Gasteiger partial charge on any atom is -0.507 e. The Morgan fingerprint density at radius 2 is 1.83 bits per heavy atom. The molecule has 150 valence electrons. The zero-order valence-electron chi connectivity index (χ0n) is 16.1. The first-order chi connectivity index (χ1) is 14.0. The van der Waals surface area contributed by atoms with Gasteiger partial charge in [0.05, 0.1) is 18.7 Å². The van der Waals surface area contributed by atoms with Crippen molar-refractivity contribution in [3.8, 4) is 5.75 Å². The minimum atomic E-state index is -0.701. The number of ether oxygens (including phenoxy) is 1. The molecule has 1 N–H and O–H groups in total. The highest BCUT2D eigenvalue weighted by Gasteiger charge is 2.49. The smallest absolute Gasteiger partial charge is 0.295 e. The topological polar surface area (TPSA) is 66.8 Å². The molecule has 6 heteroatoms. The summed E-state index contributed by atoms with van der Waals surface area (Å²) in [7, 11) is 1.55. The second-order valence-corrected chi connectivity index (χ2v) is 7.83. The van der Waals surface area contributed by atoms with Crippen LogP contribution in [0.4, 0.5) is 0 Å². The van der Waals surface area contributed by atoms with Crippen LogP contribution in [-0.4, -0.2) is 34.8 Å². The van der Waals surface area contributed by atoms with E-state index in [1.165, 1.54) is 0 Å². The monoisotopic (exact) mass is 411 g/mol. The molecular weight excluding hydrogens is 390 g/mol. The van der Waals surface area contributed by atoms with Crippen LogP contribution in [-0.2, 0) is 9.59 Å². The van der Waals surface area contributed by atoms with Gasteiger partial charge >= 0.3 is 0 Å². The molecule has 2 aromatic carbocycles. The second kappa shape index (κ2) is 7.91. The van der Waals surface area contributed by atoms with Crippen molar-refractivity contribution in [2.24, 2.45) is 0 Å². The maximum Gasteiger partial charge on any atom is 0.295 e. The van der Waals surface area contributed by atoms with Gasteiger partial charge in [0.25, 0.3) is 11.7 Å². The van der Waals surface area contributed by atoms with Crippen LogP contribution in [0.3, 0.4) is 0 Å². The second-order valence-electron chi connectivity index (χ2n) is 7.40. The van der Waals surface area contributed by atoms with Crippen LogP contribution in [0.5, 0.6) is 5.75 Å². The molecular formula is C23H22ClNO4. The van der Waals surface area contributed by atoms with E-state index in [-0.39, 0.29) is 17.4 Å². The van der Waals surface area contributed by atoms with Crippen LogP contribution in [0.1, 0.15) is 42.9 Å². The summed E-state index contributed by atoms with van der Waals surface area (Å²) in [6.45, 7) is 0. The van der Waals surface area contributed by atoms with Crippen LogP contribution in [0, 0.1) is 0 Å². The Kier molecular flexibility index (Phi) is 5.33. The molecule has 4 rings (SSSR count). The summed E-state index contributed by atoms with van der Waals surface area (Å²) >= 11 is 6.08. The van der Waals surface area contributed by atoms with Gasteiger partial charge in [0, 0.05) is 22.2 Å². The van der Waals surface area contributed by atoms with Gasteiger partial charge in [-0.25, -0.2) is 0 Å². The maximum absolute atomic E-state index is 13.1. The van der Waals surface area contributed by atoms with Gasteiger partial charge in [-0.15, -0.1) is 0 Å². The molecule has 0 spiro atoms. The van der Waals surface area contributed by atoms with E-state index in [4.69, 9.17) is 16.3 Å². The maximum atomic E-state index is 13.1. The third-order valence-corrected chi connectivity index (χ3v) is 5.96. The fourth-order valence-corrected chi connectivity index (χ4v) is 4.59. The molecule has 1 aliphatic carbocycles. The Bertz CT molecular complexity index is 994. The summed E-state index contributed by atoms with van der Waals surface area (Å²) in [6.07, 6.45) is 3.72. The lowest BCUT2D eigenvalue weighted by atomic mass is 9.94. The van der Waals surface area contributed by atoms with Crippen molar-refractivity contribution in [1.29, 1.82) is 0 Å². The van der Waals surface area contributed by atoms with E-state index in [1.54, 1.807) is 42.3 Å². The lowest BCUT2D eigenvalue weighted by Gasteiger charge is -2.31. The number of ketones is 1. The predicted octanol–water partition coefficient (Wildman–Crippen LogP) is 4.71. The number of nitrogens with zero attached hydrogens (tertiary/aromatic N) is 1. The summed E-state index contributed by atoms with van der Waals surface area (Å²) in [5.41, 5.74) is 1.17. The number of rotatable bonds is 4. The van der Waals surface area contributed by atoms with Crippen molar-refractivity contribution in [3.63, 3.8) is 0 Å². The van der Waals surface area contributed by atoms with Gasteiger partial charge in [-0.2, -0.15) is 0 Å². The highest BCUT2D eigenvalue weighted by atomic mass is 35.5. The normalized spacial score (nSPS) is 21.7. The summed E-state index contributed by atoms with van der Waals surface area (Å²) in [5.74, 6) is -0.900. The summed E-state index contributed by atoms with van der Waals surface area (Å²) in [6, 6.07) is 13.2. The number of aliphatic hydroxyl groups excluding tert-OH is 1. The zero-order chi connectivity index (χ0) is 20.5. The number of aliphatic hydroxyl groups is 1.